The van der Waals surface area contributed by atoms with E-state index in [2.05, 4.69) is 82.1 Å². The van der Waals surface area contributed by atoms with Gasteiger partial charge in [0.25, 0.3) is 0 Å². The van der Waals surface area contributed by atoms with Crippen molar-refractivity contribution in [2.75, 3.05) is 6.79 Å². The van der Waals surface area contributed by atoms with E-state index in [1.807, 2.05) is 0 Å². The van der Waals surface area contributed by atoms with Crippen LogP contribution >= 0.6 is 0 Å². The van der Waals surface area contributed by atoms with E-state index < -0.39 is 29.6 Å². The van der Waals surface area contributed by atoms with Crippen LogP contribution in [-0.4, -0.2) is 18.3 Å². The number of benzene rings is 1. The summed E-state index contributed by atoms with van der Waals surface area (Å²) in [4.78, 5) is 0. The first-order valence-corrected chi connectivity index (χ1v) is 16.3. The second-order valence-electron chi connectivity index (χ2n) is 7.85. The molecule has 1 aromatic rings. The molecule has 3 rings (SSSR count). The van der Waals surface area contributed by atoms with Gasteiger partial charge in [0.1, 0.15) is 0 Å². The molecule has 0 fully saturated rings. The molecule has 2 aliphatic carbocycles. The van der Waals surface area contributed by atoms with E-state index in [0.717, 1.165) is 12.2 Å². The third-order valence-electron chi connectivity index (χ3n) is 4.57. The van der Waals surface area contributed by atoms with Gasteiger partial charge in [0, 0.05) is 0 Å². The molecule has 0 spiro atoms. The number of ether oxygens (including phenoxy) is 1. The molecule has 0 amide bonds. The van der Waals surface area contributed by atoms with Crippen LogP contribution < -0.4 is 24.8 Å². The number of halogens is 2. The Kier molecular flexibility index (Phi) is 9.64. The maximum Gasteiger partial charge on any atom is -1.00 e. The molecule has 27 heavy (non-hydrogen) atoms. The third kappa shape index (κ3) is 6.11. The topological polar surface area (TPSA) is 18.5 Å². The predicted octanol–water partition coefficient (Wildman–Crippen LogP) is -0.410. The molecule has 0 saturated carbocycles. The fourth-order valence-corrected chi connectivity index (χ4v) is 11.8. The second kappa shape index (κ2) is 10.5. The van der Waals surface area contributed by atoms with Gasteiger partial charge < -0.3 is 24.8 Å². The molecular formula is C21H28Cl2O2SiZr. The summed E-state index contributed by atoms with van der Waals surface area (Å²) in [6.45, 7) is 11.6. The minimum absolute atomic E-state index is 0. The van der Waals surface area contributed by atoms with Gasteiger partial charge in [-0.1, -0.05) is 0 Å². The fourth-order valence-electron chi connectivity index (χ4n) is 3.43. The Labute approximate surface area is 184 Å². The summed E-state index contributed by atoms with van der Waals surface area (Å²) in [5.41, 5.74) is 2.90. The van der Waals surface area contributed by atoms with Crippen LogP contribution in [-0.2, 0) is 30.4 Å². The van der Waals surface area contributed by atoms with E-state index in [0.29, 0.717) is 10.4 Å². The summed E-state index contributed by atoms with van der Waals surface area (Å²) in [5.74, 6) is 1.09. The number of hydrogen-bond acceptors (Lipinski definition) is 2. The molecular weight excluding hydrogens is 474 g/mol. The molecule has 0 heterocycles. The Hall–Kier alpha value is -0.250. The fraction of sp³-hybridized carbons (Fsp3) is 0.381. The monoisotopic (exact) mass is 500 g/mol. The van der Waals surface area contributed by atoms with Gasteiger partial charge in [0.15, 0.2) is 0 Å². The molecule has 2 nitrogen and oxygen atoms in total. The number of rotatable bonds is 6. The van der Waals surface area contributed by atoms with Gasteiger partial charge in [-0.05, 0) is 0 Å². The SMILES string of the molecule is C[C](C)=[Zr+2]([C]1=C(OCO[Si](C)(C)C)C=CC1)[CH]1C=Cc2ccccc21.[Cl-].[Cl-]. The van der Waals surface area contributed by atoms with E-state index in [1.54, 1.807) is 6.49 Å². The minimum Gasteiger partial charge on any atom is -1.00 e. The Balaban J connectivity index is 0.00000182. The Morgan fingerprint density at radius 1 is 1.11 bits per heavy atom. The Bertz CT molecular complexity index is 788. The van der Waals surface area contributed by atoms with E-state index in [4.69, 9.17) is 9.16 Å². The van der Waals surface area contributed by atoms with Crippen LogP contribution in [0.3, 0.4) is 0 Å². The van der Waals surface area contributed by atoms with Crippen LogP contribution in [0.5, 0.6) is 0 Å². The molecule has 0 radical (unpaired) electrons. The van der Waals surface area contributed by atoms with Crippen molar-refractivity contribution in [2.24, 2.45) is 0 Å². The van der Waals surface area contributed by atoms with Crippen molar-refractivity contribution in [1.82, 2.24) is 0 Å². The molecule has 1 aromatic carbocycles. The maximum atomic E-state index is 6.09. The van der Waals surface area contributed by atoms with Gasteiger partial charge in [-0.15, -0.1) is 0 Å². The summed E-state index contributed by atoms with van der Waals surface area (Å²) < 4.78 is 15.8. The number of hydrogen-bond donors (Lipinski definition) is 0. The zero-order valence-corrected chi connectivity index (χ0v) is 21.7. The van der Waals surface area contributed by atoms with E-state index >= 15 is 0 Å². The third-order valence-corrected chi connectivity index (χ3v) is 13.7. The molecule has 0 aliphatic heterocycles. The van der Waals surface area contributed by atoms with Crippen molar-refractivity contribution < 1.29 is 55.2 Å². The van der Waals surface area contributed by atoms with Crippen LogP contribution in [0.1, 0.15) is 35.0 Å². The summed E-state index contributed by atoms with van der Waals surface area (Å²) in [6.07, 6.45) is 10.2. The predicted molar refractivity (Wildman–Crippen MR) is 106 cm³/mol. The summed E-state index contributed by atoms with van der Waals surface area (Å²) in [6, 6.07) is 8.85. The van der Waals surface area contributed by atoms with Crippen LogP contribution in [0.15, 0.2) is 51.5 Å². The summed E-state index contributed by atoms with van der Waals surface area (Å²) in [5, 5.41) is 0. The van der Waals surface area contributed by atoms with E-state index in [1.165, 1.54) is 11.1 Å². The maximum absolute atomic E-state index is 6.09. The minimum atomic E-state index is -2.02. The van der Waals surface area contributed by atoms with Crippen LogP contribution in [0.4, 0.5) is 0 Å². The van der Waals surface area contributed by atoms with Crippen molar-refractivity contribution in [3.05, 3.63) is 62.7 Å². The zero-order chi connectivity index (χ0) is 18.0. The number of fused-ring (bicyclic) bond motifs is 1. The largest absolute Gasteiger partial charge is 1.00 e. The van der Waals surface area contributed by atoms with E-state index in [-0.39, 0.29) is 24.8 Å². The van der Waals surface area contributed by atoms with Gasteiger partial charge in [-0.25, -0.2) is 0 Å². The van der Waals surface area contributed by atoms with Gasteiger partial charge in [0.2, 0.25) is 0 Å². The summed E-state index contributed by atoms with van der Waals surface area (Å²) in [7, 11) is -1.55. The standard InChI is InChI=1S/C9H15O2Si.C9H7.C3H6.2ClH.Zr/c1-12(2,3)11-8-10-9-6-4-5-7-9;1-2-5-9-7-3-6-8(9)4-1;1-3-2;;;/h4,6H,5,8H2,1-3H3;1-7H;1-2H3;2*1H;/q;;;;;+2/p-2. The van der Waals surface area contributed by atoms with Crippen molar-refractivity contribution in [3.8, 4) is 0 Å². The summed E-state index contributed by atoms with van der Waals surface area (Å²) >= 11 is -2.02. The molecule has 0 aromatic heterocycles. The first-order chi connectivity index (χ1) is 11.9. The molecule has 1 atom stereocenters. The van der Waals surface area contributed by atoms with Crippen molar-refractivity contribution >= 4 is 17.6 Å². The Morgan fingerprint density at radius 2 is 1.81 bits per heavy atom. The van der Waals surface area contributed by atoms with Gasteiger partial charge in [-0.2, -0.15) is 0 Å². The van der Waals surface area contributed by atoms with E-state index in [9.17, 15) is 0 Å². The zero-order valence-electron chi connectivity index (χ0n) is 16.7. The molecule has 0 N–H and O–H groups in total. The number of allylic oxidation sites excluding steroid dienone is 4. The molecule has 0 bridgehead atoms. The second-order valence-corrected chi connectivity index (χ2v) is 19.9. The molecule has 1 unspecified atom stereocenters. The first kappa shape index (κ1) is 24.8. The van der Waals surface area contributed by atoms with Crippen LogP contribution in [0, 0.1) is 0 Å². The molecule has 6 heteroatoms. The van der Waals surface area contributed by atoms with Crippen LogP contribution in [0.2, 0.25) is 19.6 Å². The van der Waals surface area contributed by atoms with Crippen molar-refractivity contribution in [3.63, 3.8) is 0 Å². The normalized spacial score (nSPS) is 17.0. The van der Waals surface area contributed by atoms with Gasteiger partial charge in [-0.3, -0.25) is 0 Å². The molecule has 0 saturated heterocycles. The average Bonchev–Trinajstić information content (AvgIpc) is 3.15. The first-order valence-electron chi connectivity index (χ1n) is 8.98. The van der Waals surface area contributed by atoms with Crippen molar-refractivity contribution in [1.29, 1.82) is 0 Å². The smallest absolute Gasteiger partial charge is 1.00 e. The molecule has 146 valence electrons. The van der Waals surface area contributed by atoms with Gasteiger partial charge in [0.05, 0.1) is 0 Å². The quantitative estimate of drug-likeness (QED) is 0.389. The Morgan fingerprint density at radius 3 is 2.48 bits per heavy atom. The molecule has 2 aliphatic rings. The van der Waals surface area contributed by atoms with Gasteiger partial charge >= 0.3 is 161 Å². The van der Waals surface area contributed by atoms with Crippen molar-refractivity contribution in [2.45, 2.75) is 43.5 Å². The average molecular weight is 503 g/mol. The van der Waals surface area contributed by atoms with Crippen LogP contribution in [0.25, 0.3) is 6.08 Å².